The van der Waals surface area contributed by atoms with E-state index in [0.29, 0.717) is 15.8 Å². The fraction of sp³-hybridized carbons (Fsp3) is 0.273. The maximum absolute atomic E-state index is 12.7. The molecule has 0 radical (unpaired) electrons. The number of anilines is 1. The number of hydrazone groups is 1. The molecule has 2 amide bonds. The van der Waals surface area contributed by atoms with Crippen LogP contribution >= 0.6 is 15.9 Å². The Balaban J connectivity index is 1.88. The summed E-state index contributed by atoms with van der Waals surface area (Å²) in [5.41, 5.74) is 1.85. The second-order valence-electron chi connectivity index (χ2n) is 6.82. The van der Waals surface area contributed by atoms with Crippen molar-refractivity contribution in [3.8, 4) is 11.5 Å². The van der Waals surface area contributed by atoms with Crippen LogP contribution in [-0.2, 0) is 25.3 Å². The SMILES string of the molecule is COC(=O)COc1c(Br)cc(C=NNC(=O)CCC(=O)Nc2cccc(C(F)(F)F)c2)cc1OC. The average Bonchev–Trinajstić information content (AvgIpc) is 2.81. The Hall–Kier alpha value is -3.61. The number of ether oxygens (including phenoxy) is 3. The number of methoxy groups -OCH3 is 2. The van der Waals surface area contributed by atoms with Crippen molar-refractivity contribution in [3.63, 3.8) is 0 Å². The topological polar surface area (TPSA) is 115 Å². The Morgan fingerprint density at radius 3 is 2.46 bits per heavy atom. The van der Waals surface area contributed by atoms with Crippen LogP contribution in [0.1, 0.15) is 24.0 Å². The summed E-state index contributed by atoms with van der Waals surface area (Å²) in [5.74, 6) is -1.21. The number of esters is 1. The zero-order valence-corrected chi connectivity index (χ0v) is 20.2. The number of amides is 2. The maximum Gasteiger partial charge on any atom is 0.416 e. The number of hydrogen-bond donors (Lipinski definition) is 2. The van der Waals surface area contributed by atoms with Crippen molar-refractivity contribution >= 4 is 45.6 Å². The minimum atomic E-state index is -4.53. The first-order valence-electron chi connectivity index (χ1n) is 9.89. The highest BCUT2D eigenvalue weighted by atomic mass is 79.9. The van der Waals surface area contributed by atoms with Gasteiger partial charge in [-0.05, 0) is 51.8 Å². The van der Waals surface area contributed by atoms with Crippen LogP contribution in [0.15, 0.2) is 46.0 Å². The molecule has 0 atom stereocenters. The smallest absolute Gasteiger partial charge is 0.416 e. The molecule has 2 aromatic rings. The molecule has 0 saturated carbocycles. The van der Waals surface area contributed by atoms with Crippen LogP contribution in [-0.4, -0.2) is 44.8 Å². The van der Waals surface area contributed by atoms with E-state index in [2.05, 4.69) is 36.5 Å². The van der Waals surface area contributed by atoms with E-state index in [0.717, 1.165) is 12.1 Å². The molecule has 0 aliphatic carbocycles. The zero-order chi connectivity index (χ0) is 26.0. The fourth-order valence-electron chi connectivity index (χ4n) is 2.60. The number of alkyl halides is 3. The average molecular weight is 560 g/mol. The van der Waals surface area contributed by atoms with Crippen molar-refractivity contribution < 1.29 is 41.8 Å². The van der Waals surface area contributed by atoms with E-state index in [9.17, 15) is 27.6 Å². The molecule has 0 fully saturated rings. The highest BCUT2D eigenvalue weighted by molar-refractivity contribution is 9.10. The van der Waals surface area contributed by atoms with E-state index in [1.807, 2.05) is 0 Å². The Morgan fingerprint density at radius 2 is 1.80 bits per heavy atom. The molecule has 2 N–H and O–H groups in total. The van der Waals surface area contributed by atoms with Crippen LogP contribution in [0.5, 0.6) is 11.5 Å². The summed E-state index contributed by atoms with van der Waals surface area (Å²) >= 11 is 3.30. The van der Waals surface area contributed by atoms with Gasteiger partial charge >= 0.3 is 12.1 Å². The Bertz CT molecular complexity index is 1110. The number of carbonyl (C=O) groups excluding carboxylic acids is 3. The molecule has 2 aromatic carbocycles. The van der Waals surface area contributed by atoms with Gasteiger partial charge in [-0.3, -0.25) is 9.59 Å². The summed E-state index contributed by atoms with van der Waals surface area (Å²) in [5, 5.41) is 6.12. The molecule has 0 spiro atoms. The molecular formula is C22H21BrF3N3O6. The van der Waals surface area contributed by atoms with E-state index >= 15 is 0 Å². The predicted octanol–water partition coefficient (Wildman–Crippen LogP) is 3.90. The predicted molar refractivity (Wildman–Crippen MR) is 123 cm³/mol. The van der Waals surface area contributed by atoms with Gasteiger partial charge in [0.25, 0.3) is 0 Å². The highest BCUT2D eigenvalue weighted by Gasteiger charge is 2.30. The maximum atomic E-state index is 12.7. The summed E-state index contributed by atoms with van der Waals surface area (Å²) in [6.07, 6.45) is -3.72. The van der Waals surface area contributed by atoms with Crippen molar-refractivity contribution in [2.75, 3.05) is 26.1 Å². The van der Waals surface area contributed by atoms with Gasteiger partial charge in [-0.2, -0.15) is 18.3 Å². The number of nitrogens with one attached hydrogen (secondary N) is 2. The number of benzene rings is 2. The summed E-state index contributed by atoms with van der Waals surface area (Å²) in [7, 11) is 2.63. The molecule has 0 bridgehead atoms. The van der Waals surface area contributed by atoms with Crippen molar-refractivity contribution in [2.24, 2.45) is 5.10 Å². The molecule has 0 aromatic heterocycles. The molecule has 13 heteroatoms. The van der Waals surface area contributed by atoms with E-state index in [-0.39, 0.29) is 30.9 Å². The van der Waals surface area contributed by atoms with Gasteiger partial charge < -0.3 is 19.5 Å². The van der Waals surface area contributed by atoms with Gasteiger partial charge in [0.2, 0.25) is 11.8 Å². The van der Waals surface area contributed by atoms with E-state index < -0.39 is 29.5 Å². The van der Waals surface area contributed by atoms with Gasteiger partial charge in [-0.25, -0.2) is 10.2 Å². The molecule has 0 aliphatic rings. The van der Waals surface area contributed by atoms with Crippen molar-refractivity contribution in [2.45, 2.75) is 19.0 Å². The van der Waals surface area contributed by atoms with Gasteiger partial charge in [0.1, 0.15) is 0 Å². The van der Waals surface area contributed by atoms with Gasteiger partial charge in [0.15, 0.2) is 18.1 Å². The summed E-state index contributed by atoms with van der Waals surface area (Å²) < 4.78 is 53.8. The minimum absolute atomic E-state index is 0.0261. The first-order valence-corrected chi connectivity index (χ1v) is 10.7. The Labute approximate surface area is 206 Å². The quantitative estimate of drug-likeness (QED) is 0.259. The lowest BCUT2D eigenvalue weighted by Crippen LogP contribution is -2.20. The lowest BCUT2D eigenvalue weighted by molar-refractivity contribution is -0.143. The second kappa shape index (κ2) is 12.7. The summed E-state index contributed by atoms with van der Waals surface area (Å²) in [6.45, 7) is -0.323. The standard InChI is InChI=1S/C22H21BrF3N3O6/c1-33-17-9-13(8-16(23)21(17)35-12-20(32)34-2)11-27-29-19(31)7-6-18(30)28-15-5-3-4-14(10-15)22(24,25)26/h3-5,8-11H,6-7,12H2,1-2H3,(H,28,30)(H,29,31). The Morgan fingerprint density at radius 1 is 1.09 bits per heavy atom. The monoisotopic (exact) mass is 559 g/mol. The first-order chi connectivity index (χ1) is 16.5. The van der Waals surface area contributed by atoms with Gasteiger partial charge in [0, 0.05) is 18.5 Å². The van der Waals surface area contributed by atoms with Gasteiger partial charge in [-0.1, -0.05) is 6.07 Å². The fourth-order valence-corrected chi connectivity index (χ4v) is 3.18. The van der Waals surface area contributed by atoms with Crippen LogP contribution in [0.4, 0.5) is 18.9 Å². The third kappa shape index (κ3) is 8.92. The van der Waals surface area contributed by atoms with Gasteiger partial charge in [-0.15, -0.1) is 0 Å². The molecule has 0 unspecified atom stereocenters. The van der Waals surface area contributed by atoms with Crippen molar-refractivity contribution in [1.29, 1.82) is 0 Å². The summed E-state index contributed by atoms with van der Waals surface area (Å²) in [6, 6.07) is 7.34. The number of carbonyl (C=O) groups is 3. The lowest BCUT2D eigenvalue weighted by Gasteiger charge is -2.12. The summed E-state index contributed by atoms with van der Waals surface area (Å²) in [4.78, 5) is 35.2. The molecule has 9 nitrogen and oxygen atoms in total. The van der Waals surface area contributed by atoms with Gasteiger partial charge in [0.05, 0.1) is 30.5 Å². The lowest BCUT2D eigenvalue weighted by atomic mass is 10.2. The minimum Gasteiger partial charge on any atom is -0.493 e. The molecule has 188 valence electrons. The van der Waals surface area contributed by atoms with Crippen LogP contribution < -0.4 is 20.2 Å². The first kappa shape index (κ1) is 27.6. The molecular weight excluding hydrogens is 539 g/mol. The number of rotatable bonds is 10. The van der Waals surface area contributed by atoms with Crippen LogP contribution in [0.3, 0.4) is 0 Å². The zero-order valence-electron chi connectivity index (χ0n) is 18.6. The van der Waals surface area contributed by atoms with E-state index in [4.69, 9.17) is 9.47 Å². The molecule has 0 heterocycles. The van der Waals surface area contributed by atoms with Crippen LogP contribution in [0.2, 0.25) is 0 Å². The highest BCUT2D eigenvalue weighted by Crippen LogP contribution is 2.36. The van der Waals surface area contributed by atoms with E-state index in [1.54, 1.807) is 12.1 Å². The van der Waals surface area contributed by atoms with Crippen LogP contribution in [0.25, 0.3) is 0 Å². The number of nitrogens with zero attached hydrogens (tertiary/aromatic N) is 1. The normalized spacial score (nSPS) is 11.1. The third-order valence-corrected chi connectivity index (χ3v) is 4.86. The molecule has 0 saturated heterocycles. The van der Waals surface area contributed by atoms with Crippen LogP contribution in [0, 0.1) is 0 Å². The largest absolute Gasteiger partial charge is 0.493 e. The second-order valence-corrected chi connectivity index (χ2v) is 7.67. The van der Waals surface area contributed by atoms with Crippen molar-refractivity contribution in [3.05, 3.63) is 52.0 Å². The molecule has 2 rings (SSSR count). The third-order valence-electron chi connectivity index (χ3n) is 4.27. The van der Waals surface area contributed by atoms with Crippen molar-refractivity contribution in [1.82, 2.24) is 5.43 Å². The van der Waals surface area contributed by atoms with E-state index in [1.165, 1.54) is 32.6 Å². The number of halogens is 4. The number of hydrogen-bond acceptors (Lipinski definition) is 7. The molecule has 35 heavy (non-hydrogen) atoms. The Kier molecular flexibility index (Phi) is 10.1. The molecule has 0 aliphatic heterocycles.